The largest absolute Gasteiger partial charge is 0.495 e. The SMILES string of the molecule is CCC(C)c1ccccc1OC(C)C(=O)Nc1ccc(OC)c(Cl)c1. The van der Waals surface area contributed by atoms with Crippen LogP contribution in [0.25, 0.3) is 0 Å². The van der Waals surface area contributed by atoms with Crippen molar-refractivity contribution in [3.05, 3.63) is 53.1 Å². The Balaban J connectivity index is 2.07. The molecule has 0 radical (unpaired) electrons. The molecule has 4 nitrogen and oxygen atoms in total. The van der Waals surface area contributed by atoms with Crippen molar-refractivity contribution >= 4 is 23.2 Å². The van der Waals surface area contributed by atoms with Gasteiger partial charge >= 0.3 is 0 Å². The van der Waals surface area contributed by atoms with Crippen LogP contribution in [0.4, 0.5) is 5.69 Å². The Morgan fingerprint density at radius 2 is 1.88 bits per heavy atom. The first-order chi connectivity index (χ1) is 12.0. The van der Waals surface area contributed by atoms with Crippen molar-refractivity contribution in [1.29, 1.82) is 0 Å². The number of para-hydroxylation sites is 1. The van der Waals surface area contributed by atoms with Gasteiger partial charge in [0.05, 0.1) is 12.1 Å². The van der Waals surface area contributed by atoms with E-state index in [9.17, 15) is 4.79 Å². The second-order valence-electron chi connectivity index (χ2n) is 5.95. The number of amides is 1. The lowest BCUT2D eigenvalue weighted by molar-refractivity contribution is -0.122. The zero-order valence-corrected chi connectivity index (χ0v) is 15.8. The molecule has 2 rings (SSSR count). The lowest BCUT2D eigenvalue weighted by atomic mass is 9.98. The maximum absolute atomic E-state index is 12.4. The van der Waals surface area contributed by atoms with Gasteiger partial charge in [0, 0.05) is 5.69 Å². The number of carbonyl (C=O) groups is 1. The van der Waals surface area contributed by atoms with Crippen LogP contribution in [0.1, 0.15) is 38.7 Å². The summed E-state index contributed by atoms with van der Waals surface area (Å²) >= 11 is 6.09. The minimum atomic E-state index is -0.633. The molecule has 0 spiro atoms. The van der Waals surface area contributed by atoms with Crippen molar-refractivity contribution in [3.8, 4) is 11.5 Å². The Labute approximate surface area is 154 Å². The van der Waals surface area contributed by atoms with Gasteiger partial charge in [-0.2, -0.15) is 0 Å². The van der Waals surface area contributed by atoms with Crippen LogP contribution in [0, 0.1) is 0 Å². The minimum absolute atomic E-state index is 0.236. The molecule has 1 amide bonds. The lowest BCUT2D eigenvalue weighted by Gasteiger charge is -2.19. The van der Waals surface area contributed by atoms with Gasteiger partial charge in [0.1, 0.15) is 11.5 Å². The second kappa shape index (κ2) is 8.77. The van der Waals surface area contributed by atoms with Gasteiger partial charge in [-0.1, -0.05) is 43.6 Å². The number of rotatable bonds is 7. The molecule has 2 aromatic carbocycles. The van der Waals surface area contributed by atoms with E-state index >= 15 is 0 Å². The number of methoxy groups -OCH3 is 1. The van der Waals surface area contributed by atoms with Gasteiger partial charge in [-0.25, -0.2) is 0 Å². The molecule has 2 atom stereocenters. The molecule has 0 aliphatic carbocycles. The van der Waals surface area contributed by atoms with Crippen molar-refractivity contribution < 1.29 is 14.3 Å². The van der Waals surface area contributed by atoms with Crippen molar-refractivity contribution in [3.63, 3.8) is 0 Å². The second-order valence-corrected chi connectivity index (χ2v) is 6.35. The van der Waals surface area contributed by atoms with Crippen molar-refractivity contribution in [2.24, 2.45) is 0 Å². The van der Waals surface area contributed by atoms with E-state index < -0.39 is 6.10 Å². The van der Waals surface area contributed by atoms with Crippen molar-refractivity contribution in [2.75, 3.05) is 12.4 Å². The number of ether oxygens (including phenoxy) is 2. The van der Waals surface area contributed by atoms with E-state index in [-0.39, 0.29) is 5.91 Å². The zero-order chi connectivity index (χ0) is 18.4. The van der Waals surface area contributed by atoms with E-state index in [4.69, 9.17) is 21.1 Å². The normalized spacial score (nSPS) is 13.0. The Morgan fingerprint density at radius 1 is 1.16 bits per heavy atom. The summed E-state index contributed by atoms with van der Waals surface area (Å²) in [6.45, 7) is 6.01. The first-order valence-electron chi connectivity index (χ1n) is 8.36. The number of hydrogen-bond acceptors (Lipinski definition) is 3. The highest BCUT2D eigenvalue weighted by molar-refractivity contribution is 6.32. The third-order valence-corrected chi connectivity index (χ3v) is 4.45. The van der Waals surface area contributed by atoms with Gasteiger partial charge in [0.2, 0.25) is 0 Å². The van der Waals surface area contributed by atoms with E-state index in [1.807, 2.05) is 24.3 Å². The molecule has 0 aliphatic heterocycles. The fourth-order valence-electron chi connectivity index (χ4n) is 2.45. The molecule has 0 fully saturated rings. The van der Waals surface area contributed by atoms with E-state index in [1.54, 1.807) is 32.2 Å². The van der Waals surface area contributed by atoms with E-state index in [1.165, 1.54) is 0 Å². The minimum Gasteiger partial charge on any atom is -0.495 e. The highest BCUT2D eigenvalue weighted by atomic mass is 35.5. The maximum atomic E-state index is 12.4. The van der Waals surface area contributed by atoms with Gasteiger partial charge in [-0.05, 0) is 49.1 Å². The predicted octanol–water partition coefficient (Wildman–Crippen LogP) is 5.27. The maximum Gasteiger partial charge on any atom is 0.265 e. The zero-order valence-electron chi connectivity index (χ0n) is 15.0. The fraction of sp³-hybridized carbons (Fsp3) is 0.350. The van der Waals surface area contributed by atoms with E-state index in [0.29, 0.717) is 22.4 Å². The Hall–Kier alpha value is -2.20. The summed E-state index contributed by atoms with van der Waals surface area (Å²) in [6.07, 6.45) is 0.372. The monoisotopic (exact) mass is 361 g/mol. The quantitative estimate of drug-likeness (QED) is 0.730. The molecule has 0 bridgehead atoms. The summed E-state index contributed by atoms with van der Waals surface area (Å²) in [5, 5.41) is 3.25. The van der Waals surface area contributed by atoms with Crippen LogP contribution in [0.2, 0.25) is 5.02 Å². The smallest absolute Gasteiger partial charge is 0.265 e. The molecule has 5 heteroatoms. The van der Waals surface area contributed by atoms with Crippen LogP contribution < -0.4 is 14.8 Å². The summed E-state index contributed by atoms with van der Waals surface area (Å²) in [6, 6.07) is 12.9. The lowest BCUT2D eigenvalue weighted by Crippen LogP contribution is -2.30. The standard InChI is InChI=1S/C20H24ClNO3/c1-5-13(2)16-8-6-7-9-18(16)25-14(3)20(23)22-15-10-11-19(24-4)17(21)12-15/h6-14H,5H2,1-4H3,(H,22,23). The predicted molar refractivity (Wildman–Crippen MR) is 102 cm³/mol. The Bertz CT molecular complexity index is 733. The molecule has 0 saturated carbocycles. The molecule has 2 aromatic rings. The van der Waals surface area contributed by atoms with Crippen LogP contribution in [-0.4, -0.2) is 19.1 Å². The molecular formula is C20H24ClNO3. The summed E-state index contributed by atoms with van der Waals surface area (Å²) < 4.78 is 11.0. The third-order valence-electron chi connectivity index (χ3n) is 4.15. The highest BCUT2D eigenvalue weighted by Crippen LogP contribution is 2.30. The molecule has 0 aliphatic rings. The Kier molecular flexibility index (Phi) is 6.71. The fourth-order valence-corrected chi connectivity index (χ4v) is 2.70. The molecule has 25 heavy (non-hydrogen) atoms. The van der Waals surface area contributed by atoms with Crippen LogP contribution in [-0.2, 0) is 4.79 Å². The average molecular weight is 362 g/mol. The van der Waals surface area contributed by atoms with Gasteiger partial charge < -0.3 is 14.8 Å². The number of carbonyl (C=O) groups excluding carboxylic acids is 1. The Morgan fingerprint density at radius 3 is 2.52 bits per heavy atom. The van der Waals surface area contributed by atoms with Crippen LogP contribution in [0.3, 0.4) is 0 Å². The van der Waals surface area contributed by atoms with Crippen LogP contribution in [0.15, 0.2) is 42.5 Å². The van der Waals surface area contributed by atoms with Gasteiger partial charge in [0.25, 0.3) is 5.91 Å². The highest BCUT2D eigenvalue weighted by Gasteiger charge is 2.18. The van der Waals surface area contributed by atoms with Crippen LogP contribution >= 0.6 is 11.6 Å². The van der Waals surface area contributed by atoms with Gasteiger partial charge in [0.15, 0.2) is 6.10 Å². The summed E-state index contributed by atoms with van der Waals surface area (Å²) in [7, 11) is 1.55. The molecule has 134 valence electrons. The molecule has 0 aromatic heterocycles. The summed E-state index contributed by atoms with van der Waals surface area (Å²) in [4.78, 5) is 12.4. The van der Waals surface area contributed by atoms with Crippen molar-refractivity contribution in [2.45, 2.75) is 39.2 Å². The molecule has 0 saturated heterocycles. The van der Waals surface area contributed by atoms with E-state index in [2.05, 4.69) is 19.2 Å². The van der Waals surface area contributed by atoms with Crippen molar-refractivity contribution in [1.82, 2.24) is 0 Å². The third kappa shape index (κ3) is 4.89. The number of nitrogens with one attached hydrogen (secondary N) is 1. The van der Waals surface area contributed by atoms with E-state index in [0.717, 1.165) is 17.7 Å². The van der Waals surface area contributed by atoms with Gasteiger partial charge in [-0.3, -0.25) is 4.79 Å². The number of benzene rings is 2. The summed E-state index contributed by atoms with van der Waals surface area (Å²) in [5.41, 5.74) is 1.71. The summed E-state index contributed by atoms with van der Waals surface area (Å²) in [5.74, 6) is 1.44. The van der Waals surface area contributed by atoms with Gasteiger partial charge in [-0.15, -0.1) is 0 Å². The molecular weight excluding hydrogens is 338 g/mol. The number of halogens is 1. The first kappa shape index (κ1) is 19.1. The molecule has 2 unspecified atom stereocenters. The average Bonchev–Trinajstić information content (AvgIpc) is 2.61. The first-order valence-corrected chi connectivity index (χ1v) is 8.74. The number of anilines is 1. The molecule has 1 N–H and O–H groups in total. The van der Waals surface area contributed by atoms with Crippen LogP contribution in [0.5, 0.6) is 11.5 Å². The topological polar surface area (TPSA) is 47.6 Å². The molecule has 0 heterocycles. The number of hydrogen-bond donors (Lipinski definition) is 1.